The van der Waals surface area contributed by atoms with E-state index in [1.165, 1.54) is 0 Å². The van der Waals surface area contributed by atoms with Crippen LogP contribution in [0, 0.1) is 5.41 Å². The number of benzene rings is 1. The highest BCUT2D eigenvalue weighted by molar-refractivity contribution is 5.74. The molecule has 0 aliphatic carbocycles. The van der Waals surface area contributed by atoms with E-state index in [2.05, 4.69) is 45.3 Å². The van der Waals surface area contributed by atoms with Gasteiger partial charge in [-0.05, 0) is 44.2 Å². The standard InChI is InChI=1S/C18H30N2O2/c1-17(2,3)14-18(4,5)20-16(21)19-12-9-13-22-15-10-7-6-8-11-15/h6-8,10-11H,9,12-14H2,1-5H3,(H2,19,20,21). The number of hydrogen-bond donors (Lipinski definition) is 2. The topological polar surface area (TPSA) is 50.4 Å². The van der Waals surface area contributed by atoms with Crippen LogP contribution < -0.4 is 15.4 Å². The number of carbonyl (C=O) groups is 1. The van der Waals surface area contributed by atoms with Crippen molar-refractivity contribution < 1.29 is 9.53 Å². The van der Waals surface area contributed by atoms with E-state index in [1.54, 1.807) is 0 Å². The third-order valence-corrected chi connectivity index (χ3v) is 3.04. The van der Waals surface area contributed by atoms with Gasteiger partial charge >= 0.3 is 6.03 Å². The summed E-state index contributed by atoms with van der Waals surface area (Å²) in [4.78, 5) is 11.9. The Kier molecular flexibility index (Phi) is 6.72. The number of ether oxygens (including phenoxy) is 1. The molecule has 4 nitrogen and oxygen atoms in total. The highest BCUT2D eigenvalue weighted by atomic mass is 16.5. The van der Waals surface area contributed by atoms with Gasteiger partial charge in [0.1, 0.15) is 5.75 Å². The van der Waals surface area contributed by atoms with E-state index in [-0.39, 0.29) is 17.0 Å². The molecular weight excluding hydrogens is 276 g/mol. The van der Waals surface area contributed by atoms with Crippen LogP contribution in [0.15, 0.2) is 30.3 Å². The predicted molar refractivity (Wildman–Crippen MR) is 91.2 cm³/mol. The molecule has 2 N–H and O–H groups in total. The fourth-order valence-electron chi connectivity index (χ4n) is 2.70. The maximum absolute atomic E-state index is 11.9. The molecule has 0 saturated heterocycles. The molecule has 0 aliphatic rings. The summed E-state index contributed by atoms with van der Waals surface area (Å²) >= 11 is 0. The lowest BCUT2D eigenvalue weighted by atomic mass is 9.82. The molecule has 22 heavy (non-hydrogen) atoms. The zero-order valence-electron chi connectivity index (χ0n) is 14.5. The predicted octanol–water partition coefficient (Wildman–Crippen LogP) is 3.97. The zero-order valence-corrected chi connectivity index (χ0v) is 14.5. The number of hydrogen-bond acceptors (Lipinski definition) is 2. The molecule has 1 aromatic rings. The quantitative estimate of drug-likeness (QED) is 0.749. The molecule has 0 unspecified atom stereocenters. The molecule has 124 valence electrons. The normalized spacial score (nSPS) is 11.9. The molecule has 0 saturated carbocycles. The van der Waals surface area contributed by atoms with Crippen LogP contribution in [0.2, 0.25) is 0 Å². The second-order valence-corrected chi connectivity index (χ2v) is 7.52. The van der Waals surface area contributed by atoms with Crippen molar-refractivity contribution in [2.45, 2.75) is 53.0 Å². The number of amides is 2. The molecule has 0 radical (unpaired) electrons. The monoisotopic (exact) mass is 306 g/mol. The van der Waals surface area contributed by atoms with Crippen LogP contribution >= 0.6 is 0 Å². The van der Waals surface area contributed by atoms with Gasteiger partial charge in [-0.3, -0.25) is 0 Å². The van der Waals surface area contributed by atoms with Gasteiger partial charge < -0.3 is 15.4 Å². The minimum atomic E-state index is -0.219. The Morgan fingerprint density at radius 1 is 1.09 bits per heavy atom. The Morgan fingerprint density at radius 3 is 2.32 bits per heavy atom. The SMILES string of the molecule is CC(C)(C)CC(C)(C)NC(=O)NCCCOc1ccccc1. The van der Waals surface area contributed by atoms with Crippen molar-refractivity contribution in [3.8, 4) is 5.75 Å². The van der Waals surface area contributed by atoms with Gasteiger partial charge in [0.25, 0.3) is 0 Å². The molecule has 0 heterocycles. The van der Waals surface area contributed by atoms with Crippen molar-refractivity contribution in [3.63, 3.8) is 0 Å². The third-order valence-electron chi connectivity index (χ3n) is 3.04. The van der Waals surface area contributed by atoms with Crippen LogP contribution in [0.5, 0.6) is 5.75 Å². The van der Waals surface area contributed by atoms with Crippen LogP contribution in [-0.2, 0) is 0 Å². The average Bonchev–Trinajstić information content (AvgIpc) is 2.35. The van der Waals surface area contributed by atoms with Crippen LogP contribution in [-0.4, -0.2) is 24.7 Å². The largest absolute Gasteiger partial charge is 0.494 e. The first-order valence-electron chi connectivity index (χ1n) is 7.92. The Balaban J connectivity index is 2.18. The Morgan fingerprint density at radius 2 is 1.73 bits per heavy atom. The molecule has 1 rings (SSSR count). The van der Waals surface area contributed by atoms with Gasteiger partial charge in [-0.1, -0.05) is 39.0 Å². The van der Waals surface area contributed by atoms with Crippen molar-refractivity contribution in [2.75, 3.05) is 13.2 Å². The molecular formula is C18H30N2O2. The molecule has 0 spiro atoms. The first-order chi connectivity index (χ1) is 10.2. The third kappa shape index (κ3) is 8.55. The second-order valence-electron chi connectivity index (χ2n) is 7.52. The van der Waals surface area contributed by atoms with E-state index in [0.717, 1.165) is 18.6 Å². The van der Waals surface area contributed by atoms with Crippen molar-refractivity contribution in [1.29, 1.82) is 0 Å². The summed E-state index contributed by atoms with van der Waals surface area (Å²) in [6.07, 6.45) is 1.70. The first kappa shape index (κ1) is 18.3. The molecule has 0 bridgehead atoms. The van der Waals surface area contributed by atoms with E-state index in [9.17, 15) is 4.79 Å². The Labute approximate surface area is 134 Å². The van der Waals surface area contributed by atoms with Crippen molar-refractivity contribution in [1.82, 2.24) is 10.6 Å². The molecule has 0 fully saturated rings. The van der Waals surface area contributed by atoms with Gasteiger partial charge in [0, 0.05) is 12.1 Å². The van der Waals surface area contributed by atoms with Gasteiger partial charge in [-0.2, -0.15) is 0 Å². The second kappa shape index (κ2) is 8.06. The number of rotatable bonds is 7. The number of nitrogens with one attached hydrogen (secondary N) is 2. The lowest BCUT2D eigenvalue weighted by Crippen LogP contribution is -2.50. The van der Waals surface area contributed by atoms with E-state index >= 15 is 0 Å². The molecule has 4 heteroatoms. The maximum atomic E-state index is 11.9. The summed E-state index contributed by atoms with van der Waals surface area (Å²) in [7, 11) is 0. The summed E-state index contributed by atoms with van der Waals surface area (Å²) in [5.41, 5.74) is -0.0385. The van der Waals surface area contributed by atoms with Crippen LogP contribution in [0.4, 0.5) is 4.79 Å². The van der Waals surface area contributed by atoms with E-state index in [4.69, 9.17) is 4.74 Å². The van der Waals surface area contributed by atoms with Crippen molar-refractivity contribution >= 4 is 6.03 Å². The average molecular weight is 306 g/mol. The lowest BCUT2D eigenvalue weighted by molar-refractivity contribution is 0.209. The van der Waals surface area contributed by atoms with Crippen LogP contribution in [0.25, 0.3) is 0 Å². The molecule has 0 aliphatic heterocycles. The highest BCUT2D eigenvalue weighted by Gasteiger charge is 2.26. The van der Waals surface area contributed by atoms with Crippen LogP contribution in [0.3, 0.4) is 0 Å². The zero-order chi connectivity index (χ0) is 16.6. The fraction of sp³-hybridized carbons (Fsp3) is 0.611. The minimum Gasteiger partial charge on any atom is -0.494 e. The van der Waals surface area contributed by atoms with Crippen molar-refractivity contribution in [3.05, 3.63) is 30.3 Å². The fourth-order valence-corrected chi connectivity index (χ4v) is 2.70. The highest BCUT2D eigenvalue weighted by Crippen LogP contribution is 2.26. The minimum absolute atomic E-state index is 0.117. The maximum Gasteiger partial charge on any atom is 0.315 e. The number of urea groups is 1. The summed E-state index contributed by atoms with van der Waals surface area (Å²) in [5, 5.41) is 5.91. The Bertz CT molecular complexity index is 450. The van der Waals surface area contributed by atoms with Gasteiger partial charge in [-0.15, -0.1) is 0 Å². The van der Waals surface area contributed by atoms with Gasteiger partial charge in [-0.25, -0.2) is 4.79 Å². The summed E-state index contributed by atoms with van der Waals surface area (Å²) in [5.74, 6) is 0.860. The molecule has 0 atom stereocenters. The van der Waals surface area contributed by atoms with E-state index in [1.807, 2.05) is 30.3 Å². The summed E-state index contributed by atoms with van der Waals surface area (Å²) in [6, 6.07) is 9.58. The first-order valence-corrected chi connectivity index (χ1v) is 7.92. The molecule has 0 aromatic heterocycles. The summed E-state index contributed by atoms with van der Waals surface area (Å²) < 4.78 is 5.58. The summed E-state index contributed by atoms with van der Waals surface area (Å²) in [6.45, 7) is 11.8. The van der Waals surface area contributed by atoms with Gasteiger partial charge in [0.2, 0.25) is 0 Å². The van der Waals surface area contributed by atoms with Gasteiger partial charge in [0.15, 0.2) is 0 Å². The van der Waals surface area contributed by atoms with Gasteiger partial charge in [0.05, 0.1) is 6.61 Å². The smallest absolute Gasteiger partial charge is 0.315 e. The molecule has 2 amide bonds. The number of para-hydroxylation sites is 1. The lowest BCUT2D eigenvalue weighted by Gasteiger charge is -2.33. The van der Waals surface area contributed by atoms with E-state index in [0.29, 0.717) is 13.2 Å². The number of carbonyl (C=O) groups excluding carboxylic acids is 1. The van der Waals surface area contributed by atoms with Crippen LogP contribution in [0.1, 0.15) is 47.5 Å². The molecule has 1 aromatic carbocycles. The van der Waals surface area contributed by atoms with E-state index < -0.39 is 0 Å². The van der Waals surface area contributed by atoms with Crippen molar-refractivity contribution in [2.24, 2.45) is 5.41 Å². The Hall–Kier alpha value is -1.71.